The molecule has 2 aromatic rings. The summed E-state index contributed by atoms with van der Waals surface area (Å²) in [5.74, 6) is -0.349. The van der Waals surface area contributed by atoms with E-state index in [0.29, 0.717) is 17.9 Å². The molecule has 158 valence electrons. The second-order valence-corrected chi connectivity index (χ2v) is 7.62. The number of rotatable bonds is 9. The van der Waals surface area contributed by atoms with Crippen LogP contribution in [0.3, 0.4) is 0 Å². The van der Waals surface area contributed by atoms with E-state index in [1.54, 1.807) is 24.3 Å². The van der Waals surface area contributed by atoms with Crippen LogP contribution in [0.5, 0.6) is 0 Å². The standard InChI is InChI=1S/C23H28N4O3/c1-3-27(15-21(29)25-19-11-9-18(10-12-19)24-16(2)28)22(17-7-5-4-6-8-17)23(30)26-20-13-14-20/h4-12,20,22H,3,13-15H2,1-2H3,(H,24,28)(H,25,29)(H,26,30)/p+1/t22-/m0/s1. The molecule has 3 amide bonds. The molecule has 0 bridgehead atoms. The highest BCUT2D eigenvalue weighted by Gasteiger charge is 2.35. The summed E-state index contributed by atoms with van der Waals surface area (Å²) < 4.78 is 0. The van der Waals surface area contributed by atoms with Gasteiger partial charge in [0.1, 0.15) is 0 Å². The quantitative estimate of drug-likeness (QED) is 0.506. The number of hydrogen-bond acceptors (Lipinski definition) is 3. The molecule has 30 heavy (non-hydrogen) atoms. The monoisotopic (exact) mass is 409 g/mol. The van der Waals surface area contributed by atoms with Crippen molar-refractivity contribution in [1.29, 1.82) is 0 Å². The van der Waals surface area contributed by atoms with Crippen molar-refractivity contribution in [2.75, 3.05) is 23.7 Å². The first-order valence-electron chi connectivity index (χ1n) is 10.3. The fraction of sp³-hybridized carbons (Fsp3) is 0.348. The van der Waals surface area contributed by atoms with Crippen molar-refractivity contribution in [3.63, 3.8) is 0 Å². The molecule has 0 spiro atoms. The van der Waals surface area contributed by atoms with Crippen LogP contribution in [0.15, 0.2) is 54.6 Å². The van der Waals surface area contributed by atoms with E-state index >= 15 is 0 Å². The van der Waals surface area contributed by atoms with Crippen molar-refractivity contribution >= 4 is 29.1 Å². The predicted octanol–water partition coefficient (Wildman–Crippen LogP) is 1.51. The van der Waals surface area contributed by atoms with E-state index in [-0.39, 0.29) is 30.3 Å². The molecule has 7 heteroatoms. The molecule has 0 heterocycles. The molecule has 3 rings (SSSR count). The van der Waals surface area contributed by atoms with Crippen LogP contribution in [-0.2, 0) is 14.4 Å². The zero-order valence-electron chi connectivity index (χ0n) is 17.4. The summed E-state index contributed by atoms with van der Waals surface area (Å²) in [5, 5.41) is 8.66. The number of nitrogens with one attached hydrogen (secondary N) is 4. The third-order valence-electron chi connectivity index (χ3n) is 5.06. The van der Waals surface area contributed by atoms with Crippen LogP contribution in [0, 0.1) is 0 Å². The van der Waals surface area contributed by atoms with E-state index < -0.39 is 6.04 Å². The third-order valence-corrected chi connectivity index (χ3v) is 5.06. The minimum atomic E-state index is -0.440. The highest BCUT2D eigenvalue weighted by molar-refractivity contribution is 5.93. The first-order chi connectivity index (χ1) is 14.5. The Balaban J connectivity index is 1.68. The topological polar surface area (TPSA) is 91.7 Å². The molecule has 1 aliphatic rings. The lowest BCUT2D eigenvalue weighted by Gasteiger charge is -2.26. The summed E-state index contributed by atoms with van der Waals surface area (Å²) in [7, 11) is 0. The minimum absolute atomic E-state index is 0.0342. The van der Waals surface area contributed by atoms with Gasteiger partial charge in [0.15, 0.2) is 12.6 Å². The van der Waals surface area contributed by atoms with Gasteiger partial charge in [0.25, 0.3) is 11.8 Å². The van der Waals surface area contributed by atoms with Gasteiger partial charge in [-0.15, -0.1) is 0 Å². The maximum Gasteiger partial charge on any atom is 0.283 e. The second kappa shape index (κ2) is 10.0. The van der Waals surface area contributed by atoms with E-state index in [0.717, 1.165) is 23.3 Å². The Morgan fingerprint density at radius 3 is 2.10 bits per heavy atom. The molecule has 0 saturated heterocycles. The van der Waals surface area contributed by atoms with Crippen LogP contribution >= 0.6 is 0 Å². The number of anilines is 2. The SMILES string of the molecule is CC[NH+](CC(=O)Nc1ccc(NC(C)=O)cc1)[C@H](C(=O)NC1CC1)c1ccccc1. The Bertz CT molecular complexity index is 879. The molecule has 1 fully saturated rings. The number of amides is 3. The van der Waals surface area contributed by atoms with Gasteiger partial charge in [-0.05, 0) is 44.0 Å². The average Bonchev–Trinajstić information content (AvgIpc) is 3.53. The Kier molecular flexibility index (Phi) is 7.19. The average molecular weight is 410 g/mol. The van der Waals surface area contributed by atoms with Crippen LogP contribution in [-0.4, -0.2) is 36.9 Å². The summed E-state index contributed by atoms with van der Waals surface area (Å²) in [4.78, 5) is 37.7. The van der Waals surface area contributed by atoms with Gasteiger partial charge in [0.2, 0.25) is 5.91 Å². The van der Waals surface area contributed by atoms with Crippen molar-refractivity contribution in [2.24, 2.45) is 0 Å². The first kappa shape index (κ1) is 21.5. The molecule has 1 unspecified atom stereocenters. The van der Waals surface area contributed by atoms with Crippen molar-refractivity contribution in [3.8, 4) is 0 Å². The van der Waals surface area contributed by atoms with Crippen molar-refractivity contribution in [2.45, 2.75) is 38.8 Å². The normalized spacial score (nSPS) is 15.0. The number of quaternary nitrogens is 1. The number of carbonyl (C=O) groups excluding carboxylic acids is 3. The lowest BCUT2D eigenvalue weighted by Crippen LogP contribution is -3.14. The molecular formula is C23H29N4O3+. The summed E-state index contributed by atoms with van der Waals surface area (Å²) >= 11 is 0. The van der Waals surface area contributed by atoms with Gasteiger partial charge in [-0.2, -0.15) is 0 Å². The first-order valence-corrected chi connectivity index (χ1v) is 10.3. The number of likely N-dealkylation sites (N-methyl/N-ethyl adjacent to an activating group) is 1. The van der Waals surface area contributed by atoms with Crippen molar-refractivity contribution in [3.05, 3.63) is 60.2 Å². The lowest BCUT2D eigenvalue weighted by atomic mass is 10.0. The fourth-order valence-electron chi connectivity index (χ4n) is 3.41. The summed E-state index contributed by atoms with van der Waals surface area (Å²) in [5.41, 5.74) is 2.21. The molecule has 4 N–H and O–H groups in total. The maximum atomic E-state index is 13.0. The molecule has 0 radical (unpaired) electrons. The zero-order chi connectivity index (χ0) is 21.5. The third kappa shape index (κ3) is 6.15. The van der Waals surface area contributed by atoms with E-state index in [4.69, 9.17) is 0 Å². The van der Waals surface area contributed by atoms with Crippen LogP contribution in [0.25, 0.3) is 0 Å². The predicted molar refractivity (Wildman–Crippen MR) is 116 cm³/mol. The van der Waals surface area contributed by atoms with Gasteiger partial charge in [0.05, 0.1) is 6.54 Å². The molecule has 7 nitrogen and oxygen atoms in total. The molecule has 1 aliphatic carbocycles. The molecular weight excluding hydrogens is 380 g/mol. The Hall–Kier alpha value is -3.19. The number of carbonyl (C=O) groups is 3. The van der Waals surface area contributed by atoms with Crippen molar-refractivity contribution in [1.82, 2.24) is 5.32 Å². The minimum Gasteiger partial charge on any atom is -0.348 e. The largest absolute Gasteiger partial charge is 0.348 e. The van der Waals surface area contributed by atoms with Crippen LogP contribution in [0.4, 0.5) is 11.4 Å². The van der Waals surface area contributed by atoms with Crippen LogP contribution < -0.4 is 20.9 Å². The smallest absolute Gasteiger partial charge is 0.283 e. The summed E-state index contributed by atoms with van der Waals surface area (Å²) in [6.45, 7) is 4.22. The van der Waals surface area contributed by atoms with E-state index in [1.807, 2.05) is 37.3 Å². The Labute approximate surface area is 176 Å². The van der Waals surface area contributed by atoms with E-state index in [1.165, 1.54) is 6.92 Å². The maximum absolute atomic E-state index is 13.0. The highest BCUT2D eigenvalue weighted by atomic mass is 16.2. The van der Waals surface area contributed by atoms with Gasteiger partial charge in [-0.3, -0.25) is 14.4 Å². The van der Waals surface area contributed by atoms with Crippen molar-refractivity contribution < 1.29 is 19.3 Å². The summed E-state index contributed by atoms with van der Waals surface area (Å²) in [6.07, 6.45) is 2.04. The number of hydrogen-bond donors (Lipinski definition) is 4. The zero-order valence-corrected chi connectivity index (χ0v) is 17.4. The lowest BCUT2D eigenvalue weighted by molar-refractivity contribution is -0.912. The second-order valence-electron chi connectivity index (χ2n) is 7.62. The van der Waals surface area contributed by atoms with Gasteiger partial charge in [0, 0.05) is 29.9 Å². The Morgan fingerprint density at radius 1 is 0.967 bits per heavy atom. The molecule has 1 saturated carbocycles. The molecule has 2 atom stereocenters. The Morgan fingerprint density at radius 2 is 1.57 bits per heavy atom. The van der Waals surface area contributed by atoms with E-state index in [9.17, 15) is 14.4 Å². The van der Waals surface area contributed by atoms with Crippen LogP contribution in [0.2, 0.25) is 0 Å². The van der Waals surface area contributed by atoms with Gasteiger partial charge >= 0.3 is 0 Å². The fourth-order valence-corrected chi connectivity index (χ4v) is 3.41. The highest BCUT2D eigenvalue weighted by Crippen LogP contribution is 2.20. The summed E-state index contributed by atoms with van der Waals surface area (Å²) in [6, 6.07) is 16.4. The van der Waals surface area contributed by atoms with Gasteiger partial charge in [-0.25, -0.2) is 0 Å². The molecule has 2 aromatic carbocycles. The van der Waals surface area contributed by atoms with Gasteiger partial charge in [-0.1, -0.05) is 30.3 Å². The van der Waals surface area contributed by atoms with E-state index in [2.05, 4.69) is 16.0 Å². The molecule has 0 aromatic heterocycles. The van der Waals surface area contributed by atoms with Gasteiger partial charge < -0.3 is 20.9 Å². The molecule has 0 aliphatic heterocycles. The van der Waals surface area contributed by atoms with Crippen LogP contribution in [0.1, 0.15) is 38.3 Å². The number of benzene rings is 2.